The molecule has 1 aromatic carbocycles. The average molecular weight is 357 g/mol. The molecule has 1 rings (SSSR count). The molecule has 104 valence electrons. The summed E-state index contributed by atoms with van der Waals surface area (Å²) in [5.41, 5.74) is -5.49. The molecule has 8 heteroatoms. The van der Waals surface area contributed by atoms with Gasteiger partial charge < -0.3 is 5.11 Å². The van der Waals surface area contributed by atoms with Crippen LogP contribution in [-0.4, -0.2) is 27.2 Å². The number of halogens is 4. The lowest BCUT2D eigenvalue weighted by molar-refractivity contribution is -0.0328. The smallest absolute Gasteiger partial charge is 0.446 e. The number of carboxylic acids is 1. The normalized spacial score (nSPS) is 13.1. The Morgan fingerprint density at radius 3 is 2.37 bits per heavy atom. The van der Waals surface area contributed by atoms with Crippen LogP contribution < -0.4 is 0 Å². The Kier molecular flexibility index (Phi) is 5.03. The van der Waals surface area contributed by atoms with Gasteiger partial charge in [-0.2, -0.15) is 13.2 Å². The third kappa shape index (κ3) is 4.24. The summed E-state index contributed by atoms with van der Waals surface area (Å²) in [4.78, 5) is 21.7. The van der Waals surface area contributed by atoms with Gasteiger partial charge >= 0.3 is 11.5 Å². The van der Waals surface area contributed by atoms with E-state index >= 15 is 0 Å². The fourth-order valence-electron chi connectivity index (χ4n) is 1.38. The number of hydrogen-bond acceptors (Lipinski definition) is 3. The number of ketones is 1. The summed E-state index contributed by atoms with van der Waals surface area (Å²) in [7, 11) is 0. The second-order valence-corrected chi connectivity index (χ2v) is 5.99. The van der Waals surface area contributed by atoms with Crippen LogP contribution in [0.4, 0.5) is 13.2 Å². The number of carbonyl (C=O) groups excluding carboxylic acids is 1. The number of benzene rings is 1. The van der Waals surface area contributed by atoms with E-state index in [1.807, 2.05) is 0 Å². The van der Waals surface area contributed by atoms with Gasteiger partial charge in [0.2, 0.25) is 0 Å². The molecule has 0 aliphatic rings. The van der Waals surface area contributed by atoms with Gasteiger partial charge in [0.15, 0.2) is 5.78 Å². The minimum atomic E-state index is -4.62. The van der Waals surface area contributed by atoms with Crippen molar-refractivity contribution in [3.63, 3.8) is 0 Å². The predicted octanol–water partition coefficient (Wildman–Crippen LogP) is 3.96. The Bertz CT molecular complexity index is 514. The van der Waals surface area contributed by atoms with Crippen molar-refractivity contribution < 1.29 is 27.9 Å². The van der Waals surface area contributed by atoms with Crippen LogP contribution in [0.5, 0.6) is 0 Å². The maximum atomic E-state index is 12.4. The molecule has 0 radical (unpaired) electrons. The van der Waals surface area contributed by atoms with Crippen molar-refractivity contribution in [3.05, 3.63) is 29.3 Å². The van der Waals surface area contributed by atoms with Crippen molar-refractivity contribution in [3.8, 4) is 0 Å². The highest BCUT2D eigenvalue weighted by atomic mass is 79.9. The molecule has 0 saturated carbocycles. The van der Waals surface area contributed by atoms with E-state index in [0.29, 0.717) is 0 Å². The van der Waals surface area contributed by atoms with Crippen LogP contribution in [0, 0.1) is 0 Å². The molecule has 0 spiro atoms. The second kappa shape index (κ2) is 5.96. The molecule has 1 N–H and O–H groups in total. The molecule has 0 fully saturated rings. The molecule has 0 heterocycles. The fraction of sp³-hybridized carbons (Fsp3) is 0.273. The van der Waals surface area contributed by atoms with Crippen molar-refractivity contribution in [2.45, 2.75) is 22.2 Å². The first-order valence-electron chi connectivity index (χ1n) is 4.94. The van der Waals surface area contributed by atoms with E-state index in [9.17, 15) is 22.8 Å². The number of thioether (sulfide) groups is 1. The van der Waals surface area contributed by atoms with E-state index in [0.717, 1.165) is 6.07 Å². The van der Waals surface area contributed by atoms with Crippen LogP contribution in [0.2, 0.25) is 0 Å². The monoisotopic (exact) mass is 356 g/mol. The lowest BCUT2D eigenvalue weighted by Crippen LogP contribution is -2.16. The number of carbonyl (C=O) groups is 2. The number of hydrogen-bond donors (Lipinski definition) is 1. The van der Waals surface area contributed by atoms with Gasteiger partial charge in [-0.15, -0.1) is 0 Å². The highest BCUT2D eigenvalue weighted by molar-refractivity contribution is 9.10. The second-order valence-electron chi connectivity index (χ2n) is 3.51. The number of alkyl halides is 4. The Morgan fingerprint density at radius 1 is 1.37 bits per heavy atom. The van der Waals surface area contributed by atoms with Crippen LogP contribution >= 0.6 is 27.7 Å². The predicted molar refractivity (Wildman–Crippen MR) is 68.0 cm³/mol. The van der Waals surface area contributed by atoms with Crippen LogP contribution in [0.25, 0.3) is 0 Å². The third-order valence-electron chi connectivity index (χ3n) is 2.09. The first-order chi connectivity index (χ1) is 8.63. The van der Waals surface area contributed by atoms with Crippen molar-refractivity contribution >= 4 is 39.4 Å². The van der Waals surface area contributed by atoms with Crippen LogP contribution in [0.3, 0.4) is 0 Å². The number of aromatic carboxylic acids is 1. The molecule has 1 unspecified atom stereocenters. The van der Waals surface area contributed by atoms with Crippen molar-refractivity contribution in [1.29, 1.82) is 0 Å². The maximum Gasteiger partial charge on any atom is 0.446 e. The maximum absolute atomic E-state index is 12.4. The molecule has 1 atom stereocenters. The van der Waals surface area contributed by atoms with Gasteiger partial charge in [0.1, 0.15) is 0 Å². The summed E-state index contributed by atoms with van der Waals surface area (Å²) in [6, 6.07) is 3.45. The summed E-state index contributed by atoms with van der Waals surface area (Å²) >= 11 is 2.42. The standard InChI is InChI=1S/C11H8BrF3O3S/c1-5(12)9(16)6-3-2-4-7(8(6)10(17)18)19-11(13,14)15/h2-5H,1H3,(H,17,18). The lowest BCUT2D eigenvalue weighted by atomic mass is 10.0. The van der Waals surface area contributed by atoms with Crippen molar-refractivity contribution in [1.82, 2.24) is 0 Å². The summed E-state index contributed by atoms with van der Waals surface area (Å²) in [5, 5.41) is 9.03. The number of rotatable bonds is 4. The van der Waals surface area contributed by atoms with Gasteiger partial charge in [0.25, 0.3) is 0 Å². The summed E-state index contributed by atoms with van der Waals surface area (Å²) < 4.78 is 37.1. The molecular weight excluding hydrogens is 349 g/mol. The number of carboxylic acid groups (broad SMARTS) is 1. The summed E-state index contributed by atoms with van der Waals surface area (Å²) in [5.74, 6) is -2.15. The Balaban J connectivity index is 3.38. The van der Waals surface area contributed by atoms with Crippen molar-refractivity contribution in [2.24, 2.45) is 0 Å². The van der Waals surface area contributed by atoms with E-state index < -0.39 is 44.3 Å². The molecular formula is C11H8BrF3O3S. The van der Waals surface area contributed by atoms with Gasteiger partial charge in [0, 0.05) is 10.5 Å². The van der Waals surface area contributed by atoms with Gasteiger partial charge in [-0.25, -0.2) is 4.79 Å². The van der Waals surface area contributed by atoms with Crippen LogP contribution in [0.1, 0.15) is 27.6 Å². The fourth-order valence-corrected chi connectivity index (χ4v) is 2.32. The van der Waals surface area contributed by atoms with Crippen LogP contribution in [0.15, 0.2) is 23.1 Å². The molecule has 19 heavy (non-hydrogen) atoms. The minimum Gasteiger partial charge on any atom is -0.478 e. The topological polar surface area (TPSA) is 54.4 Å². The van der Waals surface area contributed by atoms with Crippen LogP contribution in [-0.2, 0) is 0 Å². The lowest BCUT2D eigenvalue weighted by Gasteiger charge is -2.12. The van der Waals surface area contributed by atoms with E-state index in [4.69, 9.17) is 5.11 Å². The Morgan fingerprint density at radius 2 is 1.95 bits per heavy atom. The average Bonchev–Trinajstić information content (AvgIpc) is 2.24. The van der Waals surface area contributed by atoms with Gasteiger partial charge in [0.05, 0.1) is 10.4 Å². The number of Topliss-reactive ketones (excluding diaryl/α,β-unsaturated/α-hetero) is 1. The first kappa shape index (κ1) is 16.0. The van der Waals surface area contributed by atoms with E-state index in [1.54, 1.807) is 0 Å². The molecule has 3 nitrogen and oxygen atoms in total. The molecule has 0 bridgehead atoms. The minimum absolute atomic E-state index is 0.244. The zero-order valence-electron chi connectivity index (χ0n) is 9.49. The van der Waals surface area contributed by atoms with Gasteiger partial charge in [-0.1, -0.05) is 28.1 Å². The van der Waals surface area contributed by atoms with Crippen molar-refractivity contribution in [2.75, 3.05) is 0 Å². The largest absolute Gasteiger partial charge is 0.478 e. The van der Waals surface area contributed by atoms with Gasteiger partial charge in [-0.3, -0.25) is 4.79 Å². The molecule has 1 aromatic rings. The molecule has 0 saturated heterocycles. The van der Waals surface area contributed by atoms with Gasteiger partial charge in [-0.05, 0) is 24.8 Å². The highest BCUT2D eigenvalue weighted by Gasteiger charge is 2.33. The Labute approximate surface area is 119 Å². The highest BCUT2D eigenvalue weighted by Crippen LogP contribution is 2.39. The Hall–Kier alpha value is -1.02. The molecule has 0 aliphatic carbocycles. The zero-order valence-corrected chi connectivity index (χ0v) is 11.9. The zero-order chi connectivity index (χ0) is 14.8. The first-order valence-corrected chi connectivity index (χ1v) is 6.67. The molecule has 0 amide bonds. The SMILES string of the molecule is CC(Br)C(=O)c1cccc(SC(F)(F)F)c1C(=O)O. The van der Waals surface area contributed by atoms with E-state index in [-0.39, 0.29) is 5.56 Å². The molecule has 0 aliphatic heterocycles. The van der Waals surface area contributed by atoms with E-state index in [2.05, 4.69) is 15.9 Å². The quantitative estimate of drug-likeness (QED) is 0.504. The third-order valence-corrected chi connectivity index (χ3v) is 3.30. The summed E-state index contributed by atoms with van der Waals surface area (Å²) in [6.45, 7) is 1.47. The summed E-state index contributed by atoms with van der Waals surface area (Å²) in [6.07, 6.45) is 0. The molecule has 0 aromatic heterocycles. The van der Waals surface area contributed by atoms with E-state index in [1.165, 1.54) is 19.1 Å².